The summed E-state index contributed by atoms with van der Waals surface area (Å²) in [6, 6.07) is 8.11. The van der Waals surface area contributed by atoms with Crippen LogP contribution in [0.4, 0.5) is 11.4 Å². The van der Waals surface area contributed by atoms with Gasteiger partial charge in [0.2, 0.25) is 0 Å². The molecule has 2 aromatic rings. The normalized spacial score (nSPS) is 11.5. The summed E-state index contributed by atoms with van der Waals surface area (Å²) in [6.07, 6.45) is 0. The van der Waals surface area contributed by atoms with Crippen molar-refractivity contribution in [2.75, 3.05) is 38.0 Å². The first kappa shape index (κ1) is 20.9. The second-order valence-electron chi connectivity index (χ2n) is 6.24. The number of hydrogen-bond acceptors (Lipinski definition) is 7. The SMILES string of the molecule is CN(C)c1ccc(C(=O)c2ccc(N(C)C)c(S(=O)(=O)O)c2)cc1[SH](=O)=O. The third kappa shape index (κ3) is 4.46. The molecule has 0 spiro atoms. The molecule has 0 aliphatic carbocycles. The van der Waals surface area contributed by atoms with Crippen LogP contribution >= 0.6 is 0 Å². The van der Waals surface area contributed by atoms with Gasteiger partial charge in [0.25, 0.3) is 10.1 Å². The van der Waals surface area contributed by atoms with Crippen molar-refractivity contribution in [3.8, 4) is 0 Å². The minimum atomic E-state index is -4.55. The highest BCUT2D eigenvalue weighted by molar-refractivity contribution is 7.86. The van der Waals surface area contributed by atoms with Crippen LogP contribution in [0, 0.1) is 0 Å². The smallest absolute Gasteiger partial charge is 0.296 e. The Kier molecular flexibility index (Phi) is 5.93. The average Bonchev–Trinajstić information content (AvgIpc) is 2.59. The van der Waals surface area contributed by atoms with Crippen molar-refractivity contribution in [3.63, 3.8) is 0 Å². The van der Waals surface area contributed by atoms with Crippen molar-refractivity contribution >= 4 is 38.0 Å². The van der Waals surface area contributed by atoms with E-state index in [1.54, 1.807) is 33.1 Å². The third-order valence-corrected chi connectivity index (χ3v) is 5.53. The fourth-order valence-corrected chi connectivity index (χ4v) is 4.08. The van der Waals surface area contributed by atoms with E-state index in [9.17, 15) is 26.2 Å². The predicted octanol–water partition coefficient (Wildman–Crippen LogP) is 1.27. The maximum absolute atomic E-state index is 12.8. The van der Waals surface area contributed by atoms with E-state index in [0.717, 1.165) is 6.07 Å². The van der Waals surface area contributed by atoms with Gasteiger partial charge >= 0.3 is 0 Å². The number of ketones is 1. The van der Waals surface area contributed by atoms with Crippen LogP contribution in [0.25, 0.3) is 0 Å². The zero-order chi connectivity index (χ0) is 20.5. The van der Waals surface area contributed by atoms with E-state index in [1.807, 2.05) is 0 Å². The molecule has 0 saturated heterocycles. The van der Waals surface area contributed by atoms with Gasteiger partial charge in [-0.15, -0.1) is 0 Å². The Hall–Kier alpha value is -2.43. The van der Waals surface area contributed by atoms with Crippen LogP contribution in [-0.2, 0) is 20.8 Å². The van der Waals surface area contributed by atoms with Crippen molar-refractivity contribution in [3.05, 3.63) is 47.5 Å². The lowest BCUT2D eigenvalue weighted by Gasteiger charge is -2.17. The number of anilines is 2. The van der Waals surface area contributed by atoms with E-state index in [1.165, 1.54) is 35.2 Å². The van der Waals surface area contributed by atoms with Gasteiger partial charge in [-0.05, 0) is 36.4 Å². The minimum Gasteiger partial charge on any atom is -0.377 e. The largest absolute Gasteiger partial charge is 0.377 e. The number of hydrogen-bond donors (Lipinski definition) is 2. The van der Waals surface area contributed by atoms with Gasteiger partial charge in [-0.25, -0.2) is 8.42 Å². The average molecular weight is 412 g/mol. The molecule has 0 unspecified atom stereocenters. The summed E-state index contributed by atoms with van der Waals surface area (Å²) >= 11 is 0. The fourth-order valence-electron chi connectivity index (χ4n) is 2.59. The highest BCUT2D eigenvalue weighted by atomic mass is 32.2. The molecule has 0 amide bonds. The molecule has 0 aliphatic heterocycles. The molecule has 0 fully saturated rings. The van der Waals surface area contributed by atoms with Gasteiger partial charge in [0, 0.05) is 39.3 Å². The first-order chi connectivity index (χ1) is 12.4. The molecule has 0 aliphatic rings. The zero-order valence-electron chi connectivity index (χ0n) is 15.2. The number of benzene rings is 2. The lowest BCUT2D eigenvalue weighted by Crippen LogP contribution is -2.15. The number of nitrogens with zero attached hydrogens (tertiary/aromatic N) is 2. The second kappa shape index (κ2) is 7.67. The summed E-state index contributed by atoms with van der Waals surface area (Å²) < 4.78 is 55.8. The molecular weight excluding hydrogens is 392 g/mol. The van der Waals surface area contributed by atoms with E-state index in [0.29, 0.717) is 5.69 Å². The lowest BCUT2D eigenvalue weighted by molar-refractivity contribution is 0.103. The molecule has 10 heteroatoms. The summed E-state index contributed by atoms with van der Waals surface area (Å²) in [7, 11) is -0.932. The maximum Gasteiger partial charge on any atom is 0.296 e. The van der Waals surface area contributed by atoms with Crippen molar-refractivity contribution in [2.24, 2.45) is 0 Å². The second-order valence-corrected chi connectivity index (χ2v) is 8.62. The monoisotopic (exact) mass is 412 g/mol. The Bertz CT molecular complexity index is 1060. The molecule has 2 aromatic carbocycles. The lowest BCUT2D eigenvalue weighted by atomic mass is 10.0. The van der Waals surface area contributed by atoms with Crippen LogP contribution in [0.15, 0.2) is 46.2 Å². The van der Waals surface area contributed by atoms with Crippen LogP contribution in [0.2, 0.25) is 0 Å². The molecule has 27 heavy (non-hydrogen) atoms. The van der Waals surface area contributed by atoms with E-state index in [4.69, 9.17) is 0 Å². The van der Waals surface area contributed by atoms with Gasteiger partial charge in [0.15, 0.2) is 16.5 Å². The fraction of sp³-hybridized carbons (Fsp3) is 0.235. The van der Waals surface area contributed by atoms with Gasteiger partial charge in [0.05, 0.1) is 16.3 Å². The minimum absolute atomic E-state index is 0.0119. The van der Waals surface area contributed by atoms with Crippen LogP contribution in [0.3, 0.4) is 0 Å². The molecule has 0 aromatic heterocycles. The molecule has 0 bridgehead atoms. The number of carbonyl (C=O) groups is 1. The number of rotatable bonds is 6. The van der Waals surface area contributed by atoms with E-state index < -0.39 is 31.5 Å². The Morgan fingerprint density at radius 1 is 0.889 bits per heavy atom. The van der Waals surface area contributed by atoms with E-state index in [-0.39, 0.29) is 21.7 Å². The van der Waals surface area contributed by atoms with Crippen LogP contribution in [0.1, 0.15) is 15.9 Å². The zero-order valence-corrected chi connectivity index (χ0v) is 16.9. The molecule has 8 nitrogen and oxygen atoms in total. The Labute approximate surface area is 159 Å². The highest BCUT2D eigenvalue weighted by Crippen LogP contribution is 2.27. The van der Waals surface area contributed by atoms with Gasteiger partial charge in [-0.3, -0.25) is 9.35 Å². The van der Waals surface area contributed by atoms with Crippen LogP contribution in [-0.4, -0.2) is 55.4 Å². The molecule has 146 valence electrons. The summed E-state index contributed by atoms with van der Waals surface area (Å²) in [4.78, 5) is 15.4. The standard InChI is InChI=1S/C17H20N2O6S2/c1-18(2)13-7-5-11(9-15(13)26(21)22)17(20)12-6-8-14(19(3)4)16(10-12)27(23,24)25/h5-10,26H,1-4H3,(H,23,24,25). The van der Waals surface area contributed by atoms with Crippen LogP contribution in [0.5, 0.6) is 0 Å². The maximum atomic E-state index is 12.8. The van der Waals surface area contributed by atoms with Gasteiger partial charge in [0.1, 0.15) is 4.90 Å². The molecule has 1 N–H and O–H groups in total. The summed E-state index contributed by atoms with van der Waals surface area (Å²) in [5.74, 6) is -0.561. The Morgan fingerprint density at radius 3 is 1.81 bits per heavy atom. The van der Waals surface area contributed by atoms with Crippen molar-refractivity contribution in [1.82, 2.24) is 0 Å². The summed E-state index contributed by atoms with van der Waals surface area (Å²) in [5.41, 5.74) is 0.760. The number of thiol groups is 1. The third-order valence-electron chi connectivity index (χ3n) is 3.90. The summed E-state index contributed by atoms with van der Waals surface area (Å²) in [6.45, 7) is 0. The van der Waals surface area contributed by atoms with Gasteiger partial charge in [-0.2, -0.15) is 8.42 Å². The molecule has 0 radical (unpaired) electrons. The highest BCUT2D eigenvalue weighted by Gasteiger charge is 2.21. The molecule has 2 rings (SSSR count). The van der Waals surface area contributed by atoms with Crippen molar-refractivity contribution in [2.45, 2.75) is 9.79 Å². The predicted molar refractivity (Wildman–Crippen MR) is 103 cm³/mol. The molecular formula is C17H20N2O6S2. The quantitative estimate of drug-likeness (QED) is 0.414. The molecule has 0 atom stereocenters. The van der Waals surface area contributed by atoms with Gasteiger partial charge < -0.3 is 9.80 Å². The first-order valence-electron chi connectivity index (χ1n) is 7.73. The number of carbonyl (C=O) groups excluding carboxylic acids is 1. The van der Waals surface area contributed by atoms with Gasteiger partial charge in [-0.1, -0.05) is 0 Å². The van der Waals surface area contributed by atoms with E-state index >= 15 is 0 Å². The van der Waals surface area contributed by atoms with Crippen molar-refractivity contribution in [1.29, 1.82) is 0 Å². The molecule has 0 heterocycles. The topological polar surface area (TPSA) is 112 Å². The van der Waals surface area contributed by atoms with Crippen LogP contribution < -0.4 is 9.80 Å². The summed E-state index contributed by atoms with van der Waals surface area (Å²) in [5, 5.41) is 0. The Morgan fingerprint density at radius 2 is 1.37 bits per heavy atom. The first-order valence-corrected chi connectivity index (χ1v) is 10.3. The molecule has 0 saturated carbocycles. The Balaban J connectivity index is 2.60. The van der Waals surface area contributed by atoms with Crippen molar-refractivity contribution < 1.29 is 26.2 Å². The van der Waals surface area contributed by atoms with E-state index in [2.05, 4.69) is 0 Å².